The summed E-state index contributed by atoms with van der Waals surface area (Å²) in [6.45, 7) is 0.978. The molecule has 0 saturated carbocycles. The van der Waals surface area contributed by atoms with E-state index in [0.29, 0.717) is 18.7 Å². The molecule has 1 aliphatic heterocycles. The molecule has 0 aromatic heterocycles. The van der Waals surface area contributed by atoms with Gasteiger partial charge in [-0.3, -0.25) is 4.79 Å². The fraction of sp³-hybridized carbons (Fsp3) is 0.273. The Morgan fingerprint density at radius 2 is 1.93 bits per heavy atom. The molecule has 4 nitrogen and oxygen atoms in total. The Labute approximate surface area is 87.1 Å². The van der Waals surface area contributed by atoms with Gasteiger partial charge in [0.1, 0.15) is 6.29 Å². The molecule has 0 N–H and O–H groups in total. The Bertz CT molecular complexity index is 379. The summed E-state index contributed by atoms with van der Waals surface area (Å²) in [7, 11) is 0. The Morgan fingerprint density at radius 3 is 2.40 bits per heavy atom. The zero-order chi connectivity index (χ0) is 10.8. The lowest BCUT2D eigenvalue weighted by molar-refractivity contribution is -0.312. The summed E-state index contributed by atoms with van der Waals surface area (Å²) in [6, 6.07) is 7.06. The number of rotatable bonds is 3. The largest absolute Gasteiger partial charge is 0.550 e. The van der Waals surface area contributed by atoms with Crippen molar-refractivity contribution in [1.82, 2.24) is 0 Å². The van der Waals surface area contributed by atoms with Crippen LogP contribution >= 0.6 is 0 Å². The first-order chi connectivity index (χ1) is 7.20. The van der Waals surface area contributed by atoms with Crippen molar-refractivity contribution >= 4 is 17.9 Å². The van der Waals surface area contributed by atoms with Gasteiger partial charge < -0.3 is 14.8 Å². The minimum absolute atomic E-state index is 0.365. The Kier molecular flexibility index (Phi) is 2.41. The van der Waals surface area contributed by atoms with Gasteiger partial charge in [0, 0.05) is 36.2 Å². The number of benzene rings is 1. The fourth-order valence-electron chi connectivity index (χ4n) is 1.60. The number of hydrogen-bond acceptors (Lipinski definition) is 4. The van der Waals surface area contributed by atoms with Crippen LogP contribution in [-0.2, 0) is 4.79 Å². The van der Waals surface area contributed by atoms with E-state index in [1.165, 1.54) is 0 Å². The molecule has 15 heavy (non-hydrogen) atoms. The van der Waals surface area contributed by atoms with Crippen LogP contribution in [0.5, 0.6) is 0 Å². The molecule has 0 aliphatic carbocycles. The predicted octanol–water partition coefficient (Wildman–Crippen LogP) is -0.315. The van der Waals surface area contributed by atoms with Crippen molar-refractivity contribution in [2.75, 3.05) is 18.0 Å². The second-order valence-electron chi connectivity index (χ2n) is 3.63. The Hall–Kier alpha value is -1.84. The summed E-state index contributed by atoms with van der Waals surface area (Å²) < 4.78 is 0. The second-order valence-corrected chi connectivity index (χ2v) is 3.63. The maximum Gasteiger partial charge on any atom is 0.150 e. The van der Waals surface area contributed by atoms with E-state index in [0.717, 1.165) is 12.0 Å². The van der Waals surface area contributed by atoms with Crippen LogP contribution in [0.3, 0.4) is 0 Å². The summed E-state index contributed by atoms with van der Waals surface area (Å²) in [5.74, 6) is -1.36. The van der Waals surface area contributed by atoms with Gasteiger partial charge in [-0.1, -0.05) is 0 Å². The van der Waals surface area contributed by atoms with E-state index in [-0.39, 0.29) is 5.92 Å². The lowest BCUT2D eigenvalue weighted by atomic mass is 9.99. The normalized spacial score (nSPS) is 15.9. The number of carboxylic acid groups (broad SMARTS) is 1. The van der Waals surface area contributed by atoms with Crippen molar-refractivity contribution in [3.05, 3.63) is 29.8 Å². The summed E-state index contributed by atoms with van der Waals surface area (Å²) in [5, 5.41) is 10.5. The number of carbonyl (C=O) groups excluding carboxylic acids is 2. The maximum atomic E-state index is 10.5. The van der Waals surface area contributed by atoms with E-state index in [1.807, 2.05) is 17.0 Å². The molecule has 2 rings (SSSR count). The lowest BCUT2D eigenvalue weighted by Gasteiger charge is -2.41. The summed E-state index contributed by atoms with van der Waals surface area (Å²) in [6.07, 6.45) is 0.782. The molecule has 78 valence electrons. The van der Waals surface area contributed by atoms with Gasteiger partial charge in [-0.15, -0.1) is 0 Å². The molecule has 1 saturated heterocycles. The van der Waals surface area contributed by atoms with Crippen LogP contribution in [-0.4, -0.2) is 25.3 Å². The number of carboxylic acids is 1. The molecule has 1 aromatic carbocycles. The predicted molar refractivity (Wildman–Crippen MR) is 52.5 cm³/mol. The smallest absolute Gasteiger partial charge is 0.150 e. The third-order valence-corrected chi connectivity index (χ3v) is 2.61. The van der Waals surface area contributed by atoms with Crippen LogP contribution in [0.1, 0.15) is 10.4 Å². The molecule has 1 heterocycles. The number of aliphatic carboxylic acids is 1. The monoisotopic (exact) mass is 204 g/mol. The molecule has 0 unspecified atom stereocenters. The van der Waals surface area contributed by atoms with Gasteiger partial charge in [0.2, 0.25) is 0 Å². The molecule has 0 spiro atoms. The van der Waals surface area contributed by atoms with Crippen LogP contribution in [0.25, 0.3) is 0 Å². The van der Waals surface area contributed by atoms with E-state index < -0.39 is 5.97 Å². The topological polar surface area (TPSA) is 60.4 Å². The number of anilines is 1. The standard InChI is InChI=1S/C11H11NO3/c13-7-8-1-3-10(4-2-8)12-5-9(6-12)11(14)15/h1-4,7,9H,5-6H2,(H,14,15)/p-1. The highest BCUT2D eigenvalue weighted by molar-refractivity contribution is 5.76. The van der Waals surface area contributed by atoms with E-state index in [4.69, 9.17) is 0 Å². The summed E-state index contributed by atoms with van der Waals surface area (Å²) in [5.41, 5.74) is 1.56. The van der Waals surface area contributed by atoms with Crippen molar-refractivity contribution in [2.45, 2.75) is 0 Å². The molecule has 0 atom stereocenters. The molecule has 1 aromatic rings. The third-order valence-electron chi connectivity index (χ3n) is 2.61. The van der Waals surface area contributed by atoms with Crippen molar-refractivity contribution in [1.29, 1.82) is 0 Å². The number of aldehydes is 1. The highest BCUT2D eigenvalue weighted by Crippen LogP contribution is 2.24. The van der Waals surface area contributed by atoms with Gasteiger partial charge in [0.25, 0.3) is 0 Å². The first kappa shape index (κ1) is 9.71. The summed E-state index contributed by atoms with van der Waals surface area (Å²) in [4.78, 5) is 22.8. The Balaban J connectivity index is 2.01. The van der Waals surface area contributed by atoms with E-state index >= 15 is 0 Å². The highest BCUT2D eigenvalue weighted by atomic mass is 16.4. The van der Waals surface area contributed by atoms with Gasteiger partial charge in [-0.2, -0.15) is 0 Å². The van der Waals surface area contributed by atoms with Gasteiger partial charge in [-0.25, -0.2) is 0 Å². The molecule has 4 heteroatoms. The fourth-order valence-corrected chi connectivity index (χ4v) is 1.60. The molecular formula is C11H10NO3-. The van der Waals surface area contributed by atoms with Crippen LogP contribution in [0, 0.1) is 5.92 Å². The van der Waals surface area contributed by atoms with Crippen LogP contribution in [0.4, 0.5) is 5.69 Å². The zero-order valence-corrected chi connectivity index (χ0v) is 8.05. The average Bonchev–Trinajstić information content (AvgIpc) is 2.16. The van der Waals surface area contributed by atoms with Crippen LogP contribution < -0.4 is 10.0 Å². The first-order valence-electron chi connectivity index (χ1n) is 4.72. The van der Waals surface area contributed by atoms with E-state index in [1.54, 1.807) is 12.1 Å². The molecular weight excluding hydrogens is 194 g/mol. The highest BCUT2D eigenvalue weighted by Gasteiger charge is 2.27. The number of nitrogens with zero attached hydrogens (tertiary/aromatic N) is 1. The zero-order valence-electron chi connectivity index (χ0n) is 8.05. The van der Waals surface area contributed by atoms with Gasteiger partial charge >= 0.3 is 0 Å². The SMILES string of the molecule is O=Cc1ccc(N2CC(C(=O)[O-])C2)cc1. The van der Waals surface area contributed by atoms with Gasteiger partial charge in [0.05, 0.1) is 0 Å². The molecule has 0 amide bonds. The average molecular weight is 204 g/mol. The van der Waals surface area contributed by atoms with Crippen molar-refractivity contribution in [3.8, 4) is 0 Å². The molecule has 0 radical (unpaired) electrons. The molecule has 1 fully saturated rings. The van der Waals surface area contributed by atoms with Crippen molar-refractivity contribution in [3.63, 3.8) is 0 Å². The summed E-state index contributed by atoms with van der Waals surface area (Å²) >= 11 is 0. The lowest BCUT2D eigenvalue weighted by Crippen LogP contribution is -2.54. The quantitative estimate of drug-likeness (QED) is 0.633. The Morgan fingerprint density at radius 1 is 1.33 bits per heavy atom. The molecule has 1 aliphatic rings. The van der Waals surface area contributed by atoms with Gasteiger partial charge in [-0.05, 0) is 24.3 Å². The van der Waals surface area contributed by atoms with E-state index in [9.17, 15) is 14.7 Å². The second kappa shape index (κ2) is 3.73. The first-order valence-corrected chi connectivity index (χ1v) is 4.72. The number of carbonyl (C=O) groups is 2. The van der Waals surface area contributed by atoms with Crippen LogP contribution in [0.15, 0.2) is 24.3 Å². The maximum absolute atomic E-state index is 10.5. The third kappa shape index (κ3) is 1.83. The number of hydrogen-bond donors (Lipinski definition) is 0. The van der Waals surface area contributed by atoms with E-state index in [2.05, 4.69) is 0 Å². The van der Waals surface area contributed by atoms with Crippen molar-refractivity contribution in [2.24, 2.45) is 5.92 Å². The minimum Gasteiger partial charge on any atom is -0.550 e. The van der Waals surface area contributed by atoms with Crippen molar-refractivity contribution < 1.29 is 14.7 Å². The minimum atomic E-state index is -0.990. The molecule has 0 bridgehead atoms. The van der Waals surface area contributed by atoms with Crippen LogP contribution in [0.2, 0.25) is 0 Å². The van der Waals surface area contributed by atoms with Gasteiger partial charge in [0.15, 0.2) is 0 Å².